The summed E-state index contributed by atoms with van der Waals surface area (Å²) < 4.78 is 16.3. The highest BCUT2D eigenvalue weighted by atomic mass is 16.6. The van der Waals surface area contributed by atoms with Crippen molar-refractivity contribution in [1.82, 2.24) is 0 Å². The largest absolute Gasteiger partial charge is 0.465 e. The number of allylic oxidation sites excluding steroid dienone is 1. The van der Waals surface area contributed by atoms with Crippen molar-refractivity contribution in [2.75, 3.05) is 6.61 Å². The summed E-state index contributed by atoms with van der Waals surface area (Å²) >= 11 is 0. The number of hydrogen-bond donors (Lipinski definition) is 0. The molecule has 0 saturated heterocycles. The Morgan fingerprint density at radius 3 is 2.19 bits per heavy atom. The maximum Gasteiger partial charge on any atom is 0.303 e. The van der Waals surface area contributed by atoms with Crippen LogP contribution in [-0.4, -0.2) is 42.5 Å². The zero-order chi connectivity index (χ0) is 24.2. The van der Waals surface area contributed by atoms with Crippen molar-refractivity contribution < 1.29 is 33.4 Å². The second-order valence-corrected chi connectivity index (χ2v) is 9.63. The number of Topliss-reactive ketones (excluding diaryl/α,β-unsaturated/α-hetero) is 1. The second kappa shape index (κ2) is 10.6. The van der Waals surface area contributed by atoms with Gasteiger partial charge in [0, 0.05) is 38.5 Å². The van der Waals surface area contributed by atoms with Gasteiger partial charge in [-0.15, -0.1) is 0 Å². The number of rotatable bonds is 8. The first-order valence-corrected chi connectivity index (χ1v) is 11.6. The van der Waals surface area contributed by atoms with Gasteiger partial charge in [0.2, 0.25) is 0 Å². The Hall–Kier alpha value is -2.18. The maximum atomic E-state index is 13.7. The van der Waals surface area contributed by atoms with E-state index in [1.54, 1.807) is 0 Å². The van der Waals surface area contributed by atoms with Gasteiger partial charge >= 0.3 is 17.9 Å². The van der Waals surface area contributed by atoms with Gasteiger partial charge in [0.1, 0.15) is 18.0 Å². The molecule has 8 atom stereocenters. The van der Waals surface area contributed by atoms with Gasteiger partial charge in [0.15, 0.2) is 0 Å². The molecule has 180 valence electrons. The minimum atomic E-state index is -0.728. The Bertz CT molecular complexity index is 757. The lowest BCUT2D eigenvalue weighted by atomic mass is 9.49. The van der Waals surface area contributed by atoms with Crippen LogP contribution in [0.25, 0.3) is 0 Å². The molecule has 0 aromatic rings. The van der Waals surface area contributed by atoms with E-state index in [0.29, 0.717) is 6.42 Å². The minimum Gasteiger partial charge on any atom is -0.465 e. The zero-order valence-corrected chi connectivity index (χ0v) is 20.4. The molecule has 0 spiro atoms. The number of esters is 3. The van der Waals surface area contributed by atoms with E-state index < -0.39 is 35.5 Å². The summed E-state index contributed by atoms with van der Waals surface area (Å²) in [6.45, 7) is 12.4. The van der Waals surface area contributed by atoms with Crippen LogP contribution in [0.3, 0.4) is 0 Å². The van der Waals surface area contributed by atoms with E-state index in [2.05, 4.69) is 32.9 Å². The van der Waals surface area contributed by atoms with E-state index in [9.17, 15) is 19.2 Å². The molecular formula is C25H38O7. The van der Waals surface area contributed by atoms with Crippen LogP contribution in [0.1, 0.15) is 67.7 Å². The van der Waals surface area contributed by atoms with E-state index in [4.69, 9.17) is 14.2 Å². The van der Waals surface area contributed by atoms with Crippen molar-refractivity contribution in [2.24, 2.45) is 35.0 Å². The molecule has 0 aliphatic heterocycles. The Labute approximate surface area is 191 Å². The molecule has 2 aliphatic rings. The van der Waals surface area contributed by atoms with Crippen LogP contribution in [0.2, 0.25) is 0 Å². The predicted molar refractivity (Wildman–Crippen MR) is 118 cm³/mol. The summed E-state index contributed by atoms with van der Waals surface area (Å²) in [7, 11) is 0. The molecule has 2 aliphatic carbocycles. The molecule has 0 aromatic heterocycles. The standard InChI is InChI=1S/C25H38O7/c1-8-14(2)20-10-9-19-23(25(20,7)22(29)11-12-30-16(4)26)15(3)13-21(31-17(5)27)24(19)32-18(6)28/h9-10,14-15,19-21,23-24H,8,11-13H2,1-7H3/t14-,15-,19-,20-,21-,23+,24+,25-/m1/s1. The Kier molecular flexibility index (Phi) is 8.66. The maximum absolute atomic E-state index is 13.7. The number of ketones is 1. The topological polar surface area (TPSA) is 96.0 Å². The summed E-state index contributed by atoms with van der Waals surface area (Å²) in [6.07, 6.45) is 4.49. The lowest BCUT2D eigenvalue weighted by Crippen LogP contribution is -2.59. The summed E-state index contributed by atoms with van der Waals surface area (Å²) in [4.78, 5) is 48.6. The van der Waals surface area contributed by atoms with Crippen LogP contribution in [0.15, 0.2) is 12.2 Å². The van der Waals surface area contributed by atoms with Gasteiger partial charge in [-0.25, -0.2) is 0 Å². The van der Waals surface area contributed by atoms with Crippen molar-refractivity contribution in [3.05, 3.63) is 12.2 Å². The van der Waals surface area contributed by atoms with E-state index >= 15 is 0 Å². The van der Waals surface area contributed by atoms with Gasteiger partial charge in [0.05, 0.1) is 6.61 Å². The van der Waals surface area contributed by atoms with Gasteiger partial charge in [-0.1, -0.05) is 46.3 Å². The van der Waals surface area contributed by atoms with Gasteiger partial charge in [-0.3, -0.25) is 19.2 Å². The lowest BCUT2D eigenvalue weighted by Gasteiger charge is -2.56. The Morgan fingerprint density at radius 2 is 1.66 bits per heavy atom. The first-order valence-electron chi connectivity index (χ1n) is 11.6. The van der Waals surface area contributed by atoms with E-state index in [1.807, 2.05) is 6.92 Å². The van der Waals surface area contributed by atoms with Gasteiger partial charge in [0.25, 0.3) is 0 Å². The third-order valence-electron chi connectivity index (χ3n) is 7.41. The summed E-state index contributed by atoms with van der Waals surface area (Å²) in [5.41, 5.74) is -0.728. The van der Waals surface area contributed by atoms with Crippen LogP contribution in [-0.2, 0) is 33.4 Å². The highest BCUT2D eigenvalue weighted by Crippen LogP contribution is 2.56. The van der Waals surface area contributed by atoms with Gasteiger partial charge in [-0.2, -0.15) is 0 Å². The van der Waals surface area contributed by atoms with E-state index in [-0.39, 0.29) is 48.4 Å². The van der Waals surface area contributed by atoms with Crippen molar-refractivity contribution in [3.63, 3.8) is 0 Å². The molecule has 0 heterocycles. The number of hydrogen-bond acceptors (Lipinski definition) is 7. The Morgan fingerprint density at radius 1 is 1.03 bits per heavy atom. The van der Waals surface area contributed by atoms with Crippen LogP contribution >= 0.6 is 0 Å². The highest BCUT2D eigenvalue weighted by Gasteiger charge is 2.59. The molecule has 0 amide bonds. The molecule has 7 heteroatoms. The molecule has 7 nitrogen and oxygen atoms in total. The molecule has 0 bridgehead atoms. The molecule has 1 saturated carbocycles. The second-order valence-electron chi connectivity index (χ2n) is 9.63. The van der Waals surface area contributed by atoms with Crippen LogP contribution < -0.4 is 0 Å². The predicted octanol–water partition coefficient (Wildman–Crippen LogP) is 3.88. The molecule has 0 radical (unpaired) electrons. The molecule has 0 N–H and O–H groups in total. The van der Waals surface area contributed by atoms with E-state index in [0.717, 1.165) is 6.42 Å². The lowest BCUT2D eigenvalue weighted by molar-refractivity contribution is -0.188. The SMILES string of the molecule is CC[C@@H](C)[C@H]1C=C[C@H]2[C@H](OC(C)=O)[C@H](OC(C)=O)C[C@@H](C)[C@@H]2[C@@]1(C)C(=O)CCOC(C)=O. The van der Waals surface area contributed by atoms with Crippen LogP contribution in [0.4, 0.5) is 0 Å². The smallest absolute Gasteiger partial charge is 0.303 e. The van der Waals surface area contributed by atoms with Gasteiger partial charge < -0.3 is 14.2 Å². The number of carbonyl (C=O) groups is 4. The Balaban J connectivity index is 2.50. The number of ether oxygens (including phenoxy) is 3. The number of carbonyl (C=O) groups excluding carboxylic acids is 4. The molecular weight excluding hydrogens is 412 g/mol. The fourth-order valence-corrected chi connectivity index (χ4v) is 6.01. The van der Waals surface area contributed by atoms with Gasteiger partial charge in [-0.05, 0) is 30.1 Å². The van der Waals surface area contributed by atoms with Crippen LogP contribution in [0.5, 0.6) is 0 Å². The molecule has 2 rings (SSSR count). The first-order chi connectivity index (χ1) is 14.9. The highest BCUT2D eigenvalue weighted by molar-refractivity contribution is 5.86. The average Bonchev–Trinajstić information content (AvgIpc) is 2.68. The minimum absolute atomic E-state index is 0.00396. The van der Waals surface area contributed by atoms with Crippen molar-refractivity contribution >= 4 is 23.7 Å². The third-order valence-corrected chi connectivity index (χ3v) is 7.41. The van der Waals surface area contributed by atoms with Crippen molar-refractivity contribution in [2.45, 2.75) is 79.9 Å². The molecule has 0 aromatic carbocycles. The molecule has 1 fully saturated rings. The fourth-order valence-electron chi connectivity index (χ4n) is 6.01. The average molecular weight is 451 g/mol. The van der Waals surface area contributed by atoms with Crippen molar-refractivity contribution in [1.29, 1.82) is 0 Å². The van der Waals surface area contributed by atoms with E-state index in [1.165, 1.54) is 20.8 Å². The van der Waals surface area contributed by atoms with Crippen molar-refractivity contribution in [3.8, 4) is 0 Å². The zero-order valence-electron chi connectivity index (χ0n) is 20.4. The number of fused-ring (bicyclic) bond motifs is 1. The third kappa shape index (κ3) is 5.41. The monoisotopic (exact) mass is 450 g/mol. The molecule has 0 unspecified atom stereocenters. The summed E-state index contributed by atoms with van der Waals surface area (Å²) in [5, 5.41) is 0. The normalized spacial score (nSPS) is 34.7. The summed E-state index contributed by atoms with van der Waals surface area (Å²) in [6, 6.07) is 0. The summed E-state index contributed by atoms with van der Waals surface area (Å²) in [5.74, 6) is -1.27. The molecule has 32 heavy (non-hydrogen) atoms. The van der Waals surface area contributed by atoms with Crippen LogP contribution in [0, 0.1) is 35.0 Å². The fraction of sp³-hybridized carbons (Fsp3) is 0.760. The quantitative estimate of drug-likeness (QED) is 0.314. The first kappa shape index (κ1) is 26.1.